The second-order valence-corrected chi connectivity index (χ2v) is 8.09. The quantitative estimate of drug-likeness (QED) is 0.515. The summed E-state index contributed by atoms with van der Waals surface area (Å²) in [6.45, 7) is 2.22. The Hall–Kier alpha value is -3.61. The number of aromatic nitrogens is 3. The second-order valence-electron chi connectivity index (χ2n) is 8.09. The van der Waals surface area contributed by atoms with E-state index in [0.717, 1.165) is 16.9 Å². The number of rotatable bonds is 8. The van der Waals surface area contributed by atoms with E-state index in [-0.39, 0.29) is 31.5 Å². The van der Waals surface area contributed by atoms with E-state index in [4.69, 9.17) is 19.7 Å². The normalized spacial score (nSPS) is 16.3. The lowest BCUT2D eigenvalue weighted by molar-refractivity contribution is -0.121. The van der Waals surface area contributed by atoms with Gasteiger partial charge in [-0.3, -0.25) is 14.7 Å². The van der Waals surface area contributed by atoms with Crippen molar-refractivity contribution in [1.82, 2.24) is 19.9 Å². The Morgan fingerprint density at radius 3 is 2.82 bits per heavy atom. The number of anilines is 1. The molecule has 0 aliphatic carbocycles. The van der Waals surface area contributed by atoms with Gasteiger partial charge in [0.2, 0.25) is 5.88 Å². The largest absolute Gasteiger partial charge is 0.473 e. The molecule has 33 heavy (non-hydrogen) atoms. The number of fused-ring (bicyclic) bond motifs is 1. The van der Waals surface area contributed by atoms with Crippen LogP contribution in [0.4, 0.5) is 5.69 Å². The van der Waals surface area contributed by atoms with Crippen molar-refractivity contribution in [1.29, 1.82) is 5.26 Å². The molecule has 0 bridgehead atoms. The number of hydrogen-bond donors (Lipinski definition) is 0. The summed E-state index contributed by atoms with van der Waals surface area (Å²) in [7, 11) is 4.00. The minimum atomic E-state index is -0.217. The van der Waals surface area contributed by atoms with Gasteiger partial charge in [0.05, 0.1) is 36.9 Å². The molecule has 9 nitrogen and oxygen atoms in total. The van der Waals surface area contributed by atoms with Gasteiger partial charge in [0.15, 0.2) is 11.3 Å². The number of nitrogens with zero attached hydrogens (tertiary/aromatic N) is 6. The van der Waals surface area contributed by atoms with Crippen molar-refractivity contribution in [2.45, 2.75) is 12.5 Å². The number of pyridine rings is 1. The number of ketones is 1. The summed E-state index contributed by atoms with van der Waals surface area (Å²) in [5.41, 5.74) is 4.08. The molecule has 2 aromatic heterocycles. The Kier molecular flexibility index (Phi) is 7.07. The molecule has 1 fully saturated rings. The van der Waals surface area contributed by atoms with E-state index in [1.54, 1.807) is 12.4 Å². The number of morpholine rings is 1. The molecule has 1 aliphatic rings. The van der Waals surface area contributed by atoms with Crippen molar-refractivity contribution in [3.8, 4) is 23.2 Å². The van der Waals surface area contributed by atoms with Crippen molar-refractivity contribution in [3.63, 3.8) is 0 Å². The predicted molar refractivity (Wildman–Crippen MR) is 124 cm³/mol. The maximum Gasteiger partial charge on any atom is 0.242 e. The third-order valence-corrected chi connectivity index (χ3v) is 5.41. The minimum absolute atomic E-state index is 0.0740. The highest BCUT2D eigenvalue weighted by atomic mass is 16.5. The maximum absolute atomic E-state index is 11.8. The van der Waals surface area contributed by atoms with E-state index in [1.165, 1.54) is 0 Å². The Morgan fingerprint density at radius 2 is 2.06 bits per heavy atom. The molecule has 1 atom stereocenters. The first kappa shape index (κ1) is 22.6. The highest BCUT2D eigenvalue weighted by molar-refractivity contribution is 5.83. The van der Waals surface area contributed by atoms with E-state index in [1.807, 2.05) is 60.3 Å². The molecule has 0 radical (unpaired) electrons. The van der Waals surface area contributed by atoms with Crippen LogP contribution < -0.4 is 9.64 Å². The fourth-order valence-electron chi connectivity index (χ4n) is 3.71. The second kappa shape index (κ2) is 10.3. The summed E-state index contributed by atoms with van der Waals surface area (Å²) in [4.78, 5) is 29.4. The molecular formula is C24H26N6O3. The van der Waals surface area contributed by atoms with Gasteiger partial charge < -0.3 is 14.4 Å². The zero-order valence-electron chi connectivity index (χ0n) is 18.8. The monoisotopic (exact) mass is 446 g/mol. The van der Waals surface area contributed by atoms with Crippen LogP contribution in [0, 0.1) is 11.3 Å². The van der Waals surface area contributed by atoms with Crippen LogP contribution in [0.3, 0.4) is 0 Å². The third-order valence-electron chi connectivity index (χ3n) is 5.41. The molecular weight excluding hydrogens is 420 g/mol. The molecule has 0 unspecified atom stereocenters. The van der Waals surface area contributed by atoms with Crippen molar-refractivity contribution >= 4 is 22.5 Å². The molecule has 170 valence electrons. The Balaban J connectivity index is 1.51. The van der Waals surface area contributed by atoms with Gasteiger partial charge in [0.1, 0.15) is 12.7 Å². The SMILES string of the molecule is CN(C)c1ccc(-c2cc3nccnc3c(OC[C@@H]3CN(CC(=O)CC#N)CCO3)n2)cc1. The van der Waals surface area contributed by atoms with Gasteiger partial charge in [-0.1, -0.05) is 12.1 Å². The van der Waals surface area contributed by atoms with E-state index in [0.29, 0.717) is 36.6 Å². The average Bonchev–Trinajstić information content (AvgIpc) is 2.83. The topological polar surface area (TPSA) is 104 Å². The van der Waals surface area contributed by atoms with Gasteiger partial charge >= 0.3 is 0 Å². The average molecular weight is 447 g/mol. The number of nitriles is 1. The highest BCUT2D eigenvalue weighted by Crippen LogP contribution is 2.28. The summed E-state index contributed by atoms with van der Waals surface area (Å²) in [6.07, 6.45) is 2.97. The number of hydrogen-bond acceptors (Lipinski definition) is 9. The Bertz CT molecular complexity index is 1160. The van der Waals surface area contributed by atoms with Gasteiger partial charge in [0.25, 0.3) is 0 Å². The predicted octanol–water partition coefficient (Wildman–Crippen LogP) is 2.32. The van der Waals surface area contributed by atoms with E-state index < -0.39 is 0 Å². The van der Waals surface area contributed by atoms with Crippen molar-refractivity contribution in [2.24, 2.45) is 0 Å². The standard InChI is InChI=1S/C24H26N6O3/c1-29(2)18-5-3-17(4-6-18)21-13-22-23(27-10-9-26-22)24(28-21)33-16-20-15-30(11-12-32-20)14-19(31)7-8-25/h3-6,9-10,13,20H,7,11-12,14-16H2,1-2H3/t20-/m0/s1. The summed E-state index contributed by atoms with van der Waals surface area (Å²) in [5.74, 6) is 0.309. The minimum Gasteiger partial charge on any atom is -0.473 e. The fourth-order valence-corrected chi connectivity index (χ4v) is 3.71. The highest BCUT2D eigenvalue weighted by Gasteiger charge is 2.23. The molecule has 0 saturated carbocycles. The van der Waals surface area contributed by atoms with Crippen LogP contribution in [0.1, 0.15) is 6.42 Å². The first-order valence-electron chi connectivity index (χ1n) is 10.8. The molecule has 9 heteroatoms. The summed E-state index contributed by atoms with van der Waals surface area (Å²) in [5, 5.41) is 8.70. The fraction of sp³-hybridized carbons (Fsp3) is 0.375. The van der Waals surface area contributed by atoms with Gasteiger partial charge in [-0.05, 0) is 18.2 Å². The number of carbonyl (C=O) groups is 1. The lowest BCUT2D eigenvalue weighted by Crippen LogP contribution is -2.46. The zero-order chi connectivity index (χ0) is 23.2. The first-order chi connectivity index (χ1) is 16.0. The van der Waals surface area contributed by atoms with Crippen LogP contribution >= 0.6 is 0 Å². The molecule has 0 N–H and O–H groups in total. The lowest BCUT2D eigenvalue weighted by Gasteiger charge is -2.32. The van der Waals surface area contributed by atoms with Crippen LogP contribution in [-0.4, -0.2) is 78.7 Å². The lowest BCUT2D eigenvalue weighted by atomic mass is 10.1. The molecule has 1 saturated heterocycles. The van der Waals surface area contributed by atoms with Crippen LogP contribution in [0.15, 0.2) is 42.7 Å². The molecule has 0 amide bonds. The van der Waals surface area contributed by atoms with Crippen LogP contribution in [0.2, 0.25) is 0 Å². The van der Waals surface area contributed by atoms with E-state index >= 15 is 0 Å². The molecule has 1 aromatic carbocycles. The smallest absolute Gasteiger partial charge is 0.242 e. The molecule has 4 rings (SSSR count). The summed E-state index contributed by atoms with van der Waals surface area (Å²) in [6, 6.07) is 11.9. The number of carbonyl (C=O) groups excluding carboxylic acids is 1. The van der Waals surface area contributed by atoms with Gasteiger partial charge in [-0.15, -0.1) is 0 Å². The first-order valence-corrected chi connectivity index (χ1v) is 10.8. The molecule has 0 spiro atoms. The van der Waals surface area contributed by atoms with Crippen molar-refractivity contribution in [3.05, 3.63) is 42.7 Å². The molecule has 3 aromatic rings. The van der Waals surface area contributed by atoms with Crippen LogP contribution in [-0.2, 0) is 9.53 Å². The molecule has 3 heterocycles. The van der Waals surface area contributed by atoms with Gasteiger partial charge in [0, 0.05) is 50.8 Å². The zero-order valence-corrected chi connectivity index (χ0v) is 18.8. The molecule has 1 aliphatic heterocycles. The van der Waals surface area contributed by atoms with Crippen molar-refractivity contribution in [2.75, 3.05) is 51.8 Å². The number of ether oxygens (including phenoxy) is 2. The van der Waals surface area contributed by atoms with Crippen molar-refractivity contribution < 1.29 is 14.3 Å². The number of benzene rings is 1. The van der Waals surface area contributed by atoms with Crippen LogP contribution in [0.25, 0.3) is 22.3 Å². The number of Topliss-reactive ketones (excluding diaryl/α,β-unsaturated/α-hetero) is 1. The van der Waals surface area contributed by atoms with E-state index in [9.17, 15) is 4.79 Å². The Morgan fingerprint density at radius 1 is 1.27 bits per heavy atom. The van der Waals surface area contributed by atoms with Crippen LogP contribution in [0.5, 0.6) is 5.88 Å². The van der Waals surface area contributed by atoms with E-state index in [2.05, 4.69) is 9.97 Å². The summed E-state index contributed by atoms with van der Waals surface area (Å²) < 4.78 is 11.9. The maximum atomic E-state index is 11.8. The van der Waals surface area contributed by atoms with Gasteiger partial charge in [-0.25, -0.2) is 9.97 Å². The third kappa shape index (κ3) is 5.61. The Labute approximate surface area is 192 Å². The van der Waals surface area contributed by atoms with Gasteiger partial charge in [-0.2, -0.15) is 5.26 Å². The summed E-state index contributed by atoms with van der Waals surface area (Å²) >= 11 is 0.